The molecule has 0 aliphatic rings. The van der Waals surface area contributed by atoms with Gasteiger partial charge in [-0.1, -0.05) is 11.6 Å². The van der Waals surface area contributed by atoms with Gasteiger partial charge in [-0.25, -0.2) is 13.2 Å². The van der Waals surface area contributed by atoms with Crippen molar-refractivity contribution >= 4 is 17.9 Å². The second-order valence-electron chi connectivity index (χ2n) is 4.88. The van der Waals surface area contributed by atoms with Gasteiger partial charge in [0.15, 0.2) is 6.29 Å². The van der Waals surface area contributed by atoms with Crippen molar-refractivity contribution in [3.05, 3.63) is 52.1 Å². The van der Waals surface area contributed by atoms with Crippen molar-refractivity contribution in [1.82, 2.24) is 4.57 Å². The summed E-state index contributed by atoms with van der Waals surface area (Å²) in [4.78, 5) is 11.2. The van der Waals surface area contributed by atoms with Crippen molar-refractivity contribution in [2.45, 2.75) is 19.3 Å². The van der Waals surface area contributed by atoms with Crippen molar-refractivity contribution in [2.24, 2.45) is 0 Å². The van der Waals surface area contributed by atoms with E-state index in [4.69, 9.17) is 16.9 Å². The monoisotopic (exact) mass is 326 g/mol. The van der Waals surface area contributed by atoms with Crippen molar-refractivity contribution < 1.29 is 18.0 Å². The molecular weight excluding hydrogens is 317 g/mol. The molecule has 1 heterocycles. The van der Waals surface area contributed by atoms with Crippen LogP contribution in [0.4, 0.5) is 13.2 Å². The average molecular weight is 327 g/mol. The fourth-order valence-corrected chi connectivity index (χ4v) is 2.38. The Labute approximate surface area is 129 Å². The van der Waals surface area contributed by atoms with Crippen molar-refractivity contribution in [1.29, 1.82) is 5.26 Å². The maximum absolute atomic E-state index is 13.5. The highest BCUT2D eigenvalue weighted by atomic mass is 35.5. The van der Waals surface area contributed by atoms with E-state index in [1.54, 1.807) is 6.07 Å². The quantitative estimate of drug-likeness (QED) is 0.792. The van der Waals surface area contributed by atoms with Crippen LogP contribution >= 0.6 is 11.6 Å². The van der Waals surface area contributed by atoms with Gasteiger partial charge in [-0.15, -0.1) is 0 Å². The van der Waals surface area contributed by atoms with Gasteiger partial charge in [0.25, 0.3) is 5.92 Å². The zero-order chi connectivity index (χ0) is 16.5. The minimum Gasteiger partial charge on any atom is -0.318 e. The molecule has 2 rings (SSSR count). The Morgan fingerprint density at radius 3 is 2.59 bits per heavy atom. The van der Waals surface area contributed by atoms with E-state index >= 15 is 0 Å². The predicted molar refractivity (Wildman–Crippen MR) is 75.2 cm³/mol. The van der Waals surface area contributed by atoms with Gasteiger partial charge in [-0.3, -0.25) is 4.79 Å². The smallest absolute Gasteiger partial charge is 0.250 e. The van der Waals surface area contributed by atoms with Gasteiger partial charge < -0.3 is 4.57 Å². The van der Waals surface area contributed by atoms with E-state index in [-0.39, 0.29) is 27.5 Å². The number of halogens is 4. The summed E-state index contributed by atoms with van der Waals surface area (Å²) in [5, 5.41) is 9.11. The number of benzene rings is 1. The summed E-state index contributed by atoms with van der Waals surface area (Å²) >= 11 is 5.76. The van der Waals surface area contributed by atoms with Crippen molar-refractivity contribution in [2.75, 3.05) is 0 Å². The topological polar surface area (TPSA) is 45.8 Å². The van der Waals surface area contributed by atoms with Gasteiger partial charge in [0.2, 0.25) is 0 Å². The summed E-state index contributed by atoms with van der Waals surface area (Å²) in [6.07, 6.45) is 0.795. The Bertz CT molecular complexity index is 752. The summed E-state index contributed by atoms with van der Waals surface area (Å²) in [6.45, 7) is 0.698. The van der Waals surface area contributed by atoms with Gasteiger partial charge in [-0.05, 0) is 25.1 Å². The van der Waals surface area contributed by atoms with Crippen LogP contribution in [-0.4, -0.2) is 16.8 Å². The molecule has 1 aromatic heterocycles. The Morgan fingerprint density at radius 2 is 2.09 bits per heavy atom. The van der Waals surface area contributed by atoms with E-state index in [1.165, 1.54) is 16.8 Å². The molecular formula is C15H10ClF3N2O. The summed E-state index contributed by atoms with van der Waals surface area (Å²) in [6, 6.07) is 5.27. The molecule has 0 aliphatic heterocycles. The molecule has 1 aromatic carbocycles. The second kappa shape index (κ2) is 5.85. The zero-order valence-corrected chi connectivity index (χ0v) is 12.2. The van der Waals surface area contributed by atoms with Crippen molar-refractivity contribution in [3.63, 3.8) is 0 Å². The molecule has 3 nitrogen and oxygen atoms in total. The van der Waals surface area contributed by atoms with Crippen LogP contribution < -0.4 is 0 Å². The molecule has 2 aromatic rings. The number of nitrogens with zero attached hydrogens (tertiary/aromatic N) is 2. The van der Waals surface area contributed by atoms with Crippen LogP contribution in [0.1, 0.15) is 28.5 Å². The third kappa shape index (κ3) is 3.31. The van der Waals surface area contributed by atoms with Crippen LogP contribution in [-0.2, 0) is 6.42 Å². The van der Waals surface area contributed by atoms with Gasteiger partial charge in [-0.2, -0.15) is 5.26 Å². The first-order valence-electron chi connectivity index (χ1n) is 6.19. The van der Waals surface area contributed by atoms with Gasteiger partial charge >= 0.3 is 0 Å². The molecule has 0 saturated carbocycles. The number of hydrogen-bond donors (Lipinski definition) is 0. The zero-order valence-electron chi connectivity index (χ0n) is 11.4. The molecule has 0 spiro atoms. The van der Waals surface area contributed by atoms with E-state index in [9.17, 15) is 18.0 Å². The number of rotatable bonds is 4. The Balaban J connectivity index is 2.71. The number of nitriles is 1. The number of hydrogen-bond acceptors (Lipinski definition) is 2. The van der Waals surface area contributed by atoms with Crippen LogP contribution in [0, 0.1) is 17.1 Å². The summed E-state index contributed by atoms with van der Waals surface area (Å²) in [7, 11) is 0. The SMILES string of the molecule is CC(F)(F)Cc1c(C=O)c(C#N)cn1-c1cc(F)cc(Cl)c1. The third-order valence-corrected chi connectivity index (χ3v) is 3.21. The maximum atomic E-state index is 13.5. The summed E-state index contributed by atoms with van der Waals surface area (Å²) in [5.74, 6) is -3.76. The highest BCUT2D eigenvalue weighted by Crippen LogP contribution is 2.28. The molecule has 0 atom stereocenters. The first-order valence-corrected chi connectivity index (χ1v) is 6.57. The van der Waals surface area contributed by atoms with Crippen molar-refractivity contribution in [3.8, 4) is 11.8 Å². The van der Waals surface area contributed by atoms with Gasteiger partial charge in [0.05, 0.1) is 17.5 Å². The lowest BCUT2D eigenvalue weighted by Gasteiger charge is -2.14. The van der Waals surface area contributed by atoms with E-state index in [0.717, 1.165) is 12.1 Å². The molecule has 0 aliphatic carbocycles. The minimum atomic E-state index is -3.10. The molecule has 0 unspecified atom stereocenters. The Kier molecular flexibility index (Phi) is 4.29. The number of carbonyl (C=O) groups excluding carboxylic acids is 1. The second-order valence-corrected chi connectivity index (χ2v) is 5.31. The van der Waals surface area contributed by atoms with Crippen LogP contribution in [0.15, 0.2) is 24.4 Å². The minimum absolute atomic E-state index is 0.0605. The number of carbonyl (C=O) groups is 1. The largest absolute Gasteiger partial charge is 0.318 e. The normalized spacial score (nSPS) is 11.3. The molecule has 0 amide bonds. The maximum Gasteiger partial charge on any atom is 0.250 e. The Hall–Kier alpha value is -2.26. The fourth-order valence-electron chi connectivity index (χ4n) is 2.17. The summed E-state index contributed by atoms with van der Waals surface area (Å²) < 4.78 is 41.4. The molecule has 0 radical (unpaired) electrons. The lowest BCUT2D eigenvalue weighted by molar-refractivity contribution is 0.0212. The van der Waals surface area contributed by atoms with E-state index < -0.39 is 18.2 Å². The van der Waals surface area contributed by atoms with E-state index in [1.807, 2.05) is 0 Å². The number of aromatic nitrogens is 1. The molecule has 0 bridgehead atoms. The van der Waals surface area contributed by atoms with Gasteiger partial charge in [0.1, 0.15) is 11.9 Å². The highest BCUT2D eigenvalue weighted by Gasteiger charge is 2.28. The Morgan fingerprint density at radius 1 is 1.41 bits per heavy atom. The fraction of sp³-hybridized carbons (Fsp3) is 0.200. The third-order valence-electron chi connectivity index (χ3n) is 2.99. The predicted octanol–water partition coefficient (Wildman–Crippen LogP) is 4.15. The van der Waals surface area contributed by atoms with E-state index in [2.05, 4.69) is 0 Å². The number of alkyl halides is 2. The van der Waals surface area contributed by atoms with Crippen LogP contribution in [0.2, 0.25) is 5.02 Å². The molecule has 7 heteroatoms. The first-order chi connectivity index (χ1) is 10.2. The molecule has 0 fully saturated rings. The standard InChI is InChI=1S/C15H10ClF3N2O/c1-15(18,19)5-14-13(8-22)9(6-20)7-21(14)12-3-10(16)2-11(17)4-12/h2-4,7-8H,5H2,1H3. The molecule has 0 N–H and O–H groups in total. The molecule has 114 valence electrons. The molecule has 0 saturated heterocycles. The van der Waals surface area contributed by atoms with E-state index in [0.29, 0.717) is 13.2 Å². The lowest BCUT2D eigenvalue weighted by atomic mass is 10.1. The highest BCUT2D eigenvalue weighted by molar-refractivity contribution is 6.30. The van der Waals surface area contributed by atoms with Crippen LogP contribution in [0.5, 0.6) is 0 Å². The lowest BCUT2D eigenvalue weighted by Crippen LogP contribution is -2.17. The first kappa shape index (κ1) is 16.1. The number of aldehydes is 1. The average Bonchev–Trinajstić information content (AvgIpc) is 2.73. The molecule has 22 heavy (non-hydrogen) atoms. The summed E-state index contributed by atoms with van der Waals surface area (Å²) in [5.41, 5.74) is -0.103. The van der Waals surface area contributed by atoms with Gasteiger partial charge in [0, 0.05) is 22.6 Å². The van der Waals surface area contributed by atoms with Crippen LogP contribution in [0.25, 0.3) is 5.69 Å². The van der Waals surface area contributed by atoms with Crippen LogP contribution in [0.3, 0.4) is 0 Å².